The molecule has 0 saturated heterocycles. The summed E-state index contributed by atoms with van der Waals surface area (Å²) in [7, 11) is 0. The Labute approximate surface area is 89.9 Å². The molecule has 80 valence electrons. The minimum Gasteiger partial charge on any atom is -0.464 e. The molecule has 0 aliphatic rings. The molecule has 4 nitrogen and oxygen atoms in total. The Morgan fingerprint density at radius 2 is 2.19 bits per heavy atom. The van der Waals surface area contributed by atoms with E-state index < -0.39 is 0 Å². The van der Waals surface area contributed by atoms with Crippen molar-refractivity contribution in [3.05, 3.63) is 36.3 Å². The van der Waals surface area contributed by atoms with Gasteiger partial charge in [-0.05, 0) is 18.2 Å². The number of fused-ring (bicyclic) bond motifs is 1. The molecule has 0 radical (unpaired) electrons. The number of rotatable bonds is 1. The predicted octanol–water partition coefficient (Wildman–Crippen LogP) is 2.54. The number of aromatic amines is 1. The molecular weight excluding hydrogens is 209 g/mol. The van der Waals surface area contributed by atoms with Gasteiger partial charge in [-0.25, -0.2) is 4.39 Å². The molecule has 1 aromatic carbocycles. The average molecular weight is 217 g/mol. The number of furan rings is 1. The topological polar surface area (TPSA) is 67.8 Å². The zero-order valence-electron chi connectivity index (χ0n) is 8.20. The van der Waals surface area contributed by atoms with Crippen LogP contribution in [0.4, 0.5) is 10.2 Å². The second kappa shape index (κ2) is 3.10. The molecule has 0 unspecified atom stereocenters. The quantitative estimate of drug-likeness (QED) is 0.658. The molecule has 3 aromatic rings. The number of nitrogens with one attached hydrogen (secondary N) is 1. The van der Waals surface area contributed by atoms with Gasteiger partial charge in [0, 0.05) is 17.0 Å². The van der Waals surface area contributed by atoms with Gasteiger partial charge in [0.2, 0.25) is 0 Å². The number of hydrogen-bond acceptors (Lipinski definition) is 3. The zero-order valence-corrected chi connectivity index (χ0v) is 8.20. The van der Waals surface area contributed by atoms with E-state index in [9.17, 15) is 4.39 Å². The number of benzene rings is 1. The van der Waals surface area contributed by atoms with Gasteiger partial charge in [-0.1, -0.05) is 0 Å². The number of hydrogen-bond donors (Lipinski definition) is 2. The molecule has 0 bridgehead atoms. The van der Waals surface area contributed by atoms with Crippen LogP contribution in [0.3, 0.4) is 0 Å². The van der Waals surface area contributed by atoms with Crippen LogP contribution in [0.1, 0.15) is 0 Å². The van der Waals surface area contributed by atoms with E-state index in [2.05, 4.69) is 10.2 Å². The Bertz CT molecular complexity index is 656. The highest BCUT2D eigenvalue weighted by molar-refractivity contribution is 5.93. The predicted molar refractivity (Wildman–Crippen MR) is 58.2 cm³/mol. The first-order chi connectivity index (χ1) is 7.75. The maximum absolute atomic E-state index is 13.8. The largest absolute Gasteiger partial charge is 0.464 e. The summed E-state index contributed by atoms with van der Waals surface area (Å²) in [6.07, 6.45) is 1.52. The van der Waals surface area contributed by atoms with Crippen molar-refractivity contribution >= 4 is 16.8 Å². The van der Waals surface area contributed by atoms with E-state index in [1.165, 1.54) is 12.3 Å². The zero-order chi connectivity index (χ0) is 11.1. The number of nitrogens with two attached hydrogens (primary N) is 1. The molecule has 0 spiro atoms. The number of halogens is 1. The lowest BCUT2D eigenvalue weighted by atomic mass is 10.1. The van der Waals surface area contributed by atoms with E-state index in [1.54, 1.807) is 18.2 Å². The third-order valence-corrected chi connectivity index (χ3v) is 2.45. The Morgan fingerprint density at radius 3 is 2.94 bits per heavy atom. The molecule has 0 atom stereocenters. The van der Waals surface area contributed by atoms with E-state index in [-0.39, 0.29) is 5.82 Å². The van der Waals surface area contributed by atoms with E-state index >= 15 is 0 Å². The van der Waals surface area contributed by atoms with Crippen LogP contribution < -0.4 is 5.73 Å². The standard InChI is InChI=1S/C11H8FN3O/c12-7-1-2-9-6(3-4-16-9)11(7)8-5-10(13)15-14-8/h1-5H,(H3,13,14,15). The fourth-order valence-electron chi connectivity index (χ4n) is 1.76. The van der Waals surface area contributed by atoms with Gasteiger partial charge >= 0.3 is 0 Å². The Morgan fingerprint density at radius 1 is 1.31 bits per heavy atom. The third kappa shape index (κ3) is 1.18. The Balaban J connectivity index is 2.36. The van der Waals surface area contributed by atoms with Crippen LogP contribution >= 0.6 is 0 Å². The van der Waals surface area contributed by atoms with Crippen LogP contribution in [0.25, 0.3) is 22.2 Å². The first-order valence-corrected chi connectivity index (χ1v) is 4.72. The molecule has 0 fully saturated rings. The summed E-state index contributed by atoms with van der Waals surface area (Å²) in [5.41, 5.74) is 7.10. The summed E-state index contributed by atoms with van der Waals surface area (Å²) < 4.78 is 19.0. The second-order valence-electron chi connectivity index (χ2n) is 3.46. The molecule has 0 aliphatic heterocycles. The molecule has 2 aromatic heterocycles. The lowest BCUT2D eigenvalue weighted by Gasteiger charge is -2.00. The van der Waals surface area contributed by atoms with E-state index in [0.29, 0.717) is 28.0 Å². The molecule has 16 heavy (non-hydrogen) atoms. The fourth-order valence-corrected chi connectivity index (χ4v) is 1.76. The minimum atomic E-state index is -0.336. The van der Waals surface area contributed by atoms with Crippen LogP contribution in [-0.2, 0) is 0 Å². The number of anilines is 1. The van der Waals surface area contributed by atoms with Crippen molar-refractivity contribution < 1.29 is 8.81 Å². The molecule has 3 rings (SSSR count). The fraction of sp³-hybridized carbons (Fsp3) is 0. The lowest BCUT2D eigenvalue weighted by Crippen LogP contribution is -1.85. The van der Waals surface area contributed by atoms with Crippen molar-refractivity contribution in [3.63, 3.8) is 0 Å². The second-order valence-corrected chi connectivity index (χ2v) is 3.46. The van der Waals surface area contributed by atoms with Crippen LogP contribution in [0.2, 0.25) is 0 Å². The number of nitrogens with zero attached hydrogens (tertiary/aromatic N) is 1. The first-order valence-electron chi connectivity index (χ1n) is 4.72. The van der Waals surface area contributed by atoms with Crippen LogP contribution in [0, 0.1) is 5.82 Å². The van der Waals surface area contributed by atoms with Crippen LogP contribution in [0.15, 0.2) is 34.9 Å². The molecule has 0 saturated carbocycles. The summed E-state index contributed by atoms with van der Waals surface area (Å²) in [6, 6.07) is 6.25. The summed E-state index contributed by atoms with van der Waals surface area (Å²) in [4.78, 5) is 0. The monoisotopic (exact) mass is 217 g/mol. The molecule has 0 aliphatic carbocycles. The van der Waals surface area contributed by atoms with E-state index in [4.69, 9.17) is 10.2 Å². The first kappa shape index (κ1) is 8.96. The van der Waals surface area contributed by atoms with E-state index in [0.717, 1.165) is 0 Å². The van der Waals surface area contributed by atoms with Crippen molar-refractivity contribution in [3.8, 4) is 11.3 Å². The van der Waals surface area contributed by atoms with Gasteiger partial charge in [0.05, 0.1) is 12.0 Å². The van der Waals surface area contributed by atoms with Gasteiger partial charge in [-0.2, -0.15) is 5.10 Å². The Kier molecular flexibility index (Phi) is 1.73. The SMILES string of the molecule is Nc1cc(-c2c(F)ccc3occc23)[nH]n1. The summed E-state index contributed by atoms with van der Waals surface area (Å²) in [5.74, 6) is -0.00699. The summed E-state index contributed by atoms with van der Waals surface area (Å²) in [5, 5.41) is 7.17. The van der Waals surface area contributed by atoms with Crippen LogP contribution in [0.5, 0.6) is 0 Å². The van der Waals surface area contributed by atoms with Crippen molar-refractivity contribution in [2.24, 2.45) is 0 Å². The maximum atomic E-state index is 13.8. The highest BCUT2D eigenvalue weighted by Gasteiger charge is 2.13. The van der Waals surface area contributed by atoms with Gasteiger partial charge in [-0.3, -0.25) is 5.10 Å². The average Bonchev–Trinajstić information content (AvgIpc) is 2.86. The maximum Gasteiger partial charge on any atom is 0.145 e. The smallest absolute Gasteiger partial charge is 0.145 e. The molecular formula is C11H8FN3O. The van der Waals surface area contributed by atoms with Gasteiger partial charge in [-0.15, -0.1) is 0 Å². The molecule has 2 heterocycles. The van der Waals surface area contributed by atoms with Crippen molar-refractivity contribution in [1.82, 2.24) is 10.2 Å². The van der Waals surface area contributed by atoms with Crippen molar-refractivity contribution in [1.29, 1.82) is 0 Å². The minimum absolute atomic E-state index is 0.329. The molecule has 5 heteroatoms. The highest BCUT2D eigenvalue weighted by Crippen LogP contribution is 2.31. The van der Waals surface area contributed by atoms with Crippen molar-refractivity contribution in [2.45, 2.75) is 0 Å². The van der Waals surface area contributed by atoms with Crippen molar-refractivity contribution in [2.75, 3.05) is 5.73 Å². The summed E-state index contributed by atoms with van der Waals surface area (Å²) in [6.45, 7) is 0. The number of H-pyrrole nitrogens is 1. The normalized spacial score (nSPS) is 11.1. The lowest BCUT2D eigenvalue weighted by molar-refractivity contribution is 0.610. The van der Waals surface area contributed by atoms with Gasteiger partial charge < -0.3 is 10.2 Å². The van der Waals surface area contributed by atoms with Gasteiger partial charge in [0.25, 0.3) is 0 Å². The summed E-state index contributed by atoms with van der Waals surface area (Å²) >= 11 is 0. The molecule has 3 N–H and O–H groups in total. The Hall–Kier alpha value is -2.30. The highest BCUT2D eigenvalue weighted by atomic mass is 19.1. The number of nitrogen functional groups attached to an aromatic ring is 1. The van der Waals surface area contributed by atoms with Gasteiger partial charge in [0.1, 0.15) is 17.2 Å². The van der Waals surface area contributed by atoms with E-state index in [1.807, 2.05) is 0 Å². The third-order valence-electron chi connectivity index (χ3n) is 2.45. The molecule has 0 amide bonds. The van der Waals surface area contributed by atoms with Gasteiger partial charge in [0.15, 0.2) is 0 Å². The number of aromatic nitrogens is 2. The van der Waals surface area contributed by atoms with Crippen LogP contribution in [-0.4, -0.2) is 10.2 Å².